The van der Waals surface area contributed by atoms with Gasteiger partial charge in [0.05, 0.1) is 28.0 Å². The molecule has 2 nitrogen and oxygen atoms in total. The second kappa shape index (κ2) is 6.21. The van der Waals surface area contributed by atoms with E-state index >= 15 is 0 Å². The van der Waals surface area contributed by atoms with Gasteiger partial charge in [-0.3, -0.25) is 0 Å². The van der Waals surface area contributed by atoms with Crippen molar-refractivity contribution in [2.24, 2.45) is 15.6 Å². The van der Waals surface area contributed by atoms with E-state index < -0.39 is 28.9 Å². The van der Waals surface area contributed by atoms with Crippen LogP contribution in [0.4, 0.5) is 26.3 Å². The van der Waals surface area contributed by atoms with Crippen molar-refractivity contribution >= 4 is 11.4 Å². The average molecular weight is 384 g/mol. The Morgan fingerprint density at radius 3 is 1.37 bits per heavy atom. The van der Waals surface area contributed by atoms with Crippen molar-refractivity contribution in [1.29, 1.82) is 0 Å². The van der Waals surface area contributed by atoms with Gasteiger partial charge in [0.1, 0.15) is 0 Å². The fourth-order valence-corrected chi connectivity index (χ4v) is 2.98. The molecule has 1 heterocycles. The quantitative estimate of drug-likeness (QED) is 0.571. The molecule has 0 atom stereocenters. The zero-order valence-electron chi connectivity index (χ0n) is 14.3. The molecule has 8 heteroatoms. The first-order chi connectivity index (χ1) is 12.4. The van der Waals surface area contributed by atoms with Gasteiger partial charge in [-0.05, 0) is 49.2 Å². The van der Waals surface area contributed by atoms with E-state index in [0.29, 0.717) is 0 Å². The molecule has 0 saturated heterocycles. The second-order valence-electron chi connectivity index (χ2n) is 6.68. The molecule has 3 rings (SSSR count). The number of alkyl halides is 6. The molecule has 0 N–H and O–H groups in total. The first-order valence-electron chi connectivity index (χ1n) is 7.92. The van der Waals surface area contributed by atoms with Crippen molar-refractivity contribution < 1.29 is 26.3 Å². The van der Waals surface area contributed by atoms with Crippen LogP contribution in [-0.4, -0.2) is 11.4 Å². The maximum atomic E-state index is 13.0. The van der Waals surface area contributed by atoms with Gasteiger partial charge in [-0.25, -0.2) is 0 Å². The van der Waals surface area contributed by atoms with Crippen molar-refractivity contribution in [3.63, 3.8) is 0 Å². The van der Waals surface area contributed by atoms with Crippen molar-refractivity contribution in [2.45, 2.75) is 26.2 Å². The molecule has 0 fully saturated rings. The van der Waals surface area contributed by atoms with Crippen LogP contribution >= 0.6 is 0 Å². The van der Waals surface area contributed by atoms with Crippen molar-refractivity contribution in [1.82, 2.24) is 0 Å². The molecule has 2 aromatic rings. The summed E-state index contributed by atoms with van der Waals surface area (Å²) in [5.41, 5.74) is -1.64. The average Bonchev–Trinajstić information content (AvgIpc) is 2.88. The van der Waals surface area contributed by atoms with Crippen molar-refractivity contribution in [3.05, 3.63) is 70.8 Å². The zero-order valence-corrected chi connectivity index (χ0v) is 14.3. The molecule has 0 spiro atoms. The fourth-order valence-electron chi connectivity index (χ4n) is 2.98. The summed E-state index contributed by atoms with van der Waals surface area (Å²) >= 11 is 0. The zero-order chi connectivity index (χ0) is 20.0. The molecule has 142 valence electrons. The van der Waals surface area contributed by atoms with E-state index in [0.717, 1.165) is 24.3 Å². The van der Waals surface area contributed by atoms with Crippen LogP contribution in [0.1, 0.15) is 36.1 Å². The van der Waals surface area contributed by atoms with Crippen LogP contribution in [0.25, 0.3) is 0 Å². The van der Waals surface area contributed by atoms with E-state index in [1.165, 1.54) is 24.3 Å². The highest BCUT2D eigenvalue weighted by Crippen LogP contribution is 2.37. The summed E-state index contributed by atoms with van der Waals surface area (Å²) in [7, 11) is 0. The van der Waals surface area contributed by atoms with Gasteiger partial charge in [0.2, 0.25) is 0 Å². The third kappa shape index (κ3) is 3.61. The first kappa shape index (κ1) is 19.1. The molecule has 1 aliphatic rings. The Bertz CT molecular complexity index is 860. The maximum absolute atomic E-state index is 13.0. The highest BCUT2D eigenvalue weighted by atomic mass is 19.4. The van der Waals surface area contributed by atoms with Crippen LogP contribution in [0.3, 0.4) is 0 Å². The van der Waals surface area contributed by atoms with Gasteiger partial charge in [0.25, 0.3) is 0 Å². The fraction of sp³-hybridized carbons (Fsp3) is 0.263. The highest BCUT2D eigenvalue weighted by molar-refractivity contribution is 6.25. The minimum Gasteiger partial charge on any atom is -0.166 e. The van der Waals surface area contributed by atoms with Crippen LogP contribution < -0.4 is 0 Å². The Balaban J connectivity index is 1.98. The van der Waals surface area contributed by atoms with E-state index in [-0.39, 0.29) is 22.6 Å². The van der Waals surface area contributed by atoms with E-state index in [2.05, 4.69) is 10.2 Å². The summed E-state index contributed by atoms with van der Waals surface area (Å²) in [6.07, 6.45) is -9.02. The molecular weight excluding hydrogens is 370 g/mol. The van der Waals surface area contributed by atoms with Crippen LogP contribution in [-0.2, 0) is 12.4 Å². The topological polar surface area (TPSA) is 24.7 Å². The lowest BCUT2D eigenvalue weighted by molar-refractivity contribution is -0.138. The minimum absolute atomic E-state index is 0.223. The molecule has 2 aromatic carbocycles. The Hall–Kier alpha value is -2.64. The van der Waals surface area contributed by atoms with E-state index in [9.17, 15) is 26.3 Å². The Labute approximate surface area is 151 Å². The molecule has 0 radical (unpaired) electrons. The van der Waals surface area contributed by atoms with Gasteiger partial charge >= 0.3 is 12.4 Å². The smallest absolute Gasteiger partial charge is 0.166 e. The standard InChI is InChI=1S/C19H14F6N2/c1-17(2)15(11-5-3-7-13(9-11)18(20,21)22)26-27-16(17)12-6-4-8-14(10-12)19(23,24)25/h3-10H,1-2H3. The molecule has 0 bridgehead atoms. The number of hydrogen-bond donors (Lipinski definition) is 0. The van der Waals surface area contributed by atoms with Gasteiger partial charge in [-0.15, -0.1) is 0 Å². The Kier molecular flexibility index (Phi) is 4.40. The molecular formula is C19H14F6N2. The van der Waals surface area contributed by atoms with Crippen LogP contribution in [0.2, 0.25) is 0 Å². The summed E-state index contributed by atoms with van der Waals surface area (Å²) < 4.78 is 77.8. The molecule has 1 aliphatic heterocycles. The van der Waals surface area contributed by atoms with Gasteiger partial charge in [0, 0.05) is 0 Å². The second-order valence-corrected chi connectivity index (χ2v) is 6.68. The van der Waals surface area contributed by atoms with Gasteiger partial charge in [0.15, 0.2) is 0 Å². The summed E-state index contributed by atoms with van der Waals surface area (Å²) in [6.45, 7) is 3.33. The van der Waals surface area contributed by atoms with E-state index in [1.807, 2.05) is 0 Å². The molecule has 0 aliphatic carbocycles. The number of rotatable bonds is 2. The van der Waals surface area contributed by atoms with Crippen LogP contribution in [0.5, 0.6) is 0 Å². The van der Waals surface area contributed by atoms with Crippen molar-refractivity contribution in [3.8, 4) is 0 Å². The molecule has 27 heavy (non-hydrogen) atoms. The third-order valence-corrected chi connectivity index (χ3v) is 4.36. The lowest BCUT2D eigenvalue weighted by atomic mass is 9.77. The van der Waals surface area contributed by atoms with Gasteiger partial charge in [-0.2, -0.15) is 36.5 Å². The Morgan fingerprint density at radius 1 is 0.667 bits per heavy atom. The predicted molar refractivity (Wildman–Crippen MR) is 89.7 cm³/mol. The molecule has 0 aromatic heterocycles. The number of nitrogens with zero attached hydrogens (tertiary/aromatic N) is 2. The third-order valence-electron chi connectivity index (χ3n) is 4.36. The summed E-state index contributed by atoms with van der Waals surface area (Å²) in [5, 5.41) is 7.98. The Morgan fingerprint density at radius 2 is 1.04 bits per heavy atom. The first-order valence-corrected chi connectivity index (χ1v) is 7.92. The number of benzene rings is 2. The number of halogens is 6. The summed E-state index contributed by atoms with van der Waals surface area (Å²) in [4.78, 5) is 0. The van der Waals surface area contributed by atoms with Crippen LogP contribution in [0.15, 0.2) is 58.7 Å². The largest absolute Gasteiger partial charge is 0.416 e. The number of hydrogen-bond acceptors (Lipinski definition) is 2. The summed E-state index contributed by atoms with van der Waals surface area (Å²) in [5.74, 6) is 0. The SMILES string of the molecule is CC1(C)C(c2cccc(C(F)(F)F)c2)=NN=C1c1cccc(C(F)(F)F)c1. The van der Waals surface area contributed by atoms with Crippen LogP contribution in [0, 0.1) is 5.41 Å². The van der Waals surface area contributed by atoms with Gasteiger partial charge in [-0.1, -0.05) is 24.3 Å². The lowest BCUT2D eigenvalue weighted by Gasteiger charge is -2.24. The monoisotopic (exact) mass is 384 g/mol. The lowest BCUT2D eigenvalue weighted by Crippen LogP contribution is -2.31. The molecule has 0 saturated carbocycles. The molecule has 0 amide bonds. The van der Waals surface area contributed by atoms with Gasteiger partial charge < -0.3 is 0 Å². The summed E-state index contributed by atoms with van der Waals surface area (Å²) in [6, 6.07) is 9.29. The van der Waals surface area contributed by atoms with E-state index in [1.54, 1.807) is 13.8 Å². The van der Waals surface area contributed by atoms with E-state index in [4.69, 9.17) is 0 Å². The van der Waals surface area contributed by atoms with Crippen molar-refractivity contribution in [2.75, 3.05) is 0 Å². The normalized spacial score (nSPS) is 16.9. The minimum atomic E-state index is -4.51. The predicted octanol–water partition coefficient (Wildman–Crippen LogP) is 5.96. The highest BCUT2D eigenvalue weighted by Gasteiger charge is 2.39. The maximum Gasteiger partial charge on any atom is 0.416 e. The molecule has 0 unspecified atom stereocenters.